The summed E-state index contributed by atoms with van der Waals surface area (Å²) in [5.74, 6) is -0.750. The standard InChI is InChI=1S/C18H18N4O3/c1-12(18(23)21-22-19)17-14(11-25-16-8-4-5-9-24-16)10-13-6-2-3-7-15(13)20-17/h2-3,6-7,10,16H,1,4-5,8-9,11H2. The number of rotatable bonds is 5. The van der Waals surface area contributed by atoms with Crippen molar-refractivity contribution in [2.45, 2.75) is 32.2 Å². The Hall–Kier alpha value is -2.73. The first kappa shape index (κ1) is 17.1. The number of carbonyl (C=O) groups excluding carboxylic acids is 1. The topological polar surface area (TPSA) is 97.2 Å². The Morgan fingerprint density at radius 2 is 2.28 bits per heavy atom. The first-order valence-electron chi connectivity index (χ1n) is 8.09. The number of hydrogen-bond donors (Lipinski definition) is 0. The van der Waals surface area contributed by atoms with Gasteiger partial charge in [-0.3, -0.25) is 4.79 Å². The molecular weight excluding hydrogens is 320 g/mol. The van der Waals surface area contributed by atoms with Crippen LogP contribution in [0.2, 0.25) is 0 Å². The van der Waals surface area contributed by atoms with Crippen LogP contribution >= 0.6 is 0 Å². The lowest BCUT2D eigenvalue weighted by molar-refractivity contribution is -0.168. The minimum absolute atomic E-state index is 0.0479. The van der Waals surface area contributed by atoms with E-state index < -0.39 is 5.91 Å². The van der Waals surface area contributed by atoms with Crippen LogP contribution in [0, 0.1) is 0 Å². The lowest BCUT2D eigenvalue weighted by Crippen LogP contribution is -2.22. The summed E-state index contributed by atoms with van der Waals surface area (Å²) >= 11 is 0. The average molecular weight is 338 g/mol. The highest BCUT2D eigenvalue weighted by Gasteiger charge is 2.18. The van der Waals surface area contributed by atoms with Crippen LogP contribution in [-0.4, -0.2) is 23.8 Å². The third-order valence-electron chi connectivity index (χ3n) is 4.05. The molecule has 7 heteroatoms. The molecule has 1 fully saturated rings. The molecule has 1 saturated heterocycles. The van der Waals surface area contributed by atoms with Gasteiger partial charge in [-0.15, -0.1) is 0 Å². The number of pyridine rings is 1. The molecule has 1 aliphatic heterocycles. The first-order chi connectivity index (χ1) is 12.2. The number of nitrogens with zero attached hydrogens (tertiary/aromatic N) is 4. The van der Waals surface area contributed by atoms with E-state index in [1.54, 1.807) is 0 Å². The lowest BCUT2D eigenvalue weighted by Gasteiger charge is -2.23. The number of hydrogen-bond acceptors (Lipinski definition) is 4. The molecule has 0 radical (unpaired) electrons. The van der Waals surface area contributed by atoms with Crippen molar-refractivity contribution in [1.29, 1.82) is 0 Å². The van der Waals surface area contributed by atoms with Crippen molar-refractivity contribution in [3.05, 3.63) is 58.6 Å². The SMILES string of the molecule is C=C(C(=O)N=[N+]=[N-])c1nc2ccccc2cc1COC1CCCCO1. The normalized spacial score (nSPS) is 17.0. The molecule has 0 bridgehead atoms. The number of benzene rings is 1. The number of amides is 1. The summed E-state index contributed by atoms with van der Waals surface area (Å²) < 4.78 is 11.4. The summed E-state index contributed by atoms with van der Waals surface area (Å²) in [6.45, 7) is 4.67. The molecule has 0 N–H and O–H groups in total. The van der Waals surface area contributed by atoms with Gasteiger partial charge in [-0.1, -0.05) is 24.8 Å². The summed E-state index contributed by atoms with van der Waals surface area (Å²) in [6, 6.07) is 9.47. The Morgan fingerprint density at radius 1 is 1.44 bits per heavy atom. The zero-order valence-electron chi connectivity index (χ0n) is 13.7. The number of carbonyl (C=O) groups is 1. The van der Waals surface area contributed by atoms with E-state index in [0.717, 1.165) is 30.2 Å². The van der Waals surface area contributed by atoms with E-state index in [-0.39, 0.29) is 18.5 Å². The molecule has 1 aromatic heterocycles. The molecule has 0 aliphatic carbocycles. The lowest BCUT2D eigenvalue weighted by atomic mass is 10.0. The predicted octanol–water partition coefficient (Wildman–Crippen LogP) is 4.13. The van der Waals surface area contributed by atoms with Gasteiger partial charge >= 0.3 is 0 Å². The van der Waals surface area contributed by atoms with Crippen LogP contribution in [0.4, 0.5) is 0 Å². The maximum absolute atomic E-state index is 11.9. The second-order valence-corrected chi connectivity index (χ2v) is 5.77. The van der Waals surface area contributed by atoms with Gasteiger partial charge in [0.25, 0.3) is 5.91 Å². The number of para-hydroxylation sites is 1. The van der Waals surface area contributed by atoms with Gasteiger partial charge in [-0.05, 0) is 42.0 Å². The minimum atomic E-state index is -0.750. The van der Waals surface area contributed by atoms with Crippen molar-refractivity contribution >= 4 is 22.4 Å². The molecule has 25 heavy (non-hydrogen) atoms. The maximum Gasteiger partial charge on any atom is 0.250 e. The van der Waals surface area contributed by atoms with Crippen molar-refractivity contribution in [3.8, 4) is 0 Å². The number of azide groups is 1. The third-order valence-corrected chi connectivity index (χ3v) is 4.05. The number of aromatic nitrogens is 1. The van der Waals surface area contributed by atoms with E-state index >= 15 is 0 Å². The van der Waals surface area contributed by atoms with Crippen LogP contribution < -0.4 is 0 Å². The van der Waals surface area contributed by atoms with Gasteiger partial charge < -0.3 is 9.47 Å². The number of ether oxygens (including phenoxy) is 2. The van der Waals surface area contributed by atoms with Gasteiger partial charge in [-0.2, -0.15) is 0 Å². The molecular formula is C18H18N4O3. The highest BCUT2D eigenvalue weighted by atomic mass is 16.7. The van der Waals surface area contributed by atoms with Crippen molar-refractivity contribution in [2.75, 3.05) is 6.61 Å². The van der Waals surface area contributed by atoms with Crippen molar-refractivity contribution in [3.63, 3.8) is 0 Å². The van der Waals surface area contributed by atoms with E-state index in [0.29, 0.717) is 17.9 Å². The van der Waals surface area contributed by atoms with Gasteiger partial charge in [0.1, 0.15) is 0 Å². The highest BCUT2D eigenvalue weighted by Crippen LogP contribution is 2.25. The zero-order valence-corrected chi connectivity index (χ0v) is 13.7. The van der Waals surface area contributed by atoms with E-state index in [4.69, 9.17) is 15.0 Å². The third kappa shape index (κ3) is 4.03. The molecule has 128 valence electrons. The highest BCUT2D eigenvalue weighted by molar-refractivity contribution is 6.19. The van der Waals surface area contributed by atoms with Crippen LogP contribution in [-0.2, 0) is 20.9 Å². The predicted molar refractivity (Wildman–Crippen MR) is 93.3 cm³/mol. The molecule has 2 aromatic rings. The monoisotopic (exact) mass is 338 g/mol. The van der Waals surface area contributed by atoms with Crippen LogP contribution in [0.1, 0.15) is 30.5 Å². The second-order valence-electron chi connectivity index (χ2n) is 5.77. The summed E-state index contributed by atoms with van der Waals surface area (Å²) in [5, 5.41) is 4.04. The zero-order chi connectivity index (χ0) is 17.6. The largest absolute Gasteiger partial charge is 0.353 e. The van der Waals surface area contributed by atoms with Crippen LogP contribution in [0.5, 0.6) is 0 Å². The van der Waals surface area contributed by atoms with Crippen LogP contribution in [0.3, 0.4) is 0 Å². The van der Waals surface area contributed by atoms with Crippen molar-refractivity contribution in [1.82, 2.24) is 4.98 Å². The molecule has 1 amide bonds. The Balaban J connectivity index is 1.92. The quantitative estimate of drug-likeness (QED) is 0.354. The Bertz CT molecular complexity index is 853. The van der Waals surface area contributed by atoms with Crippen molar-refractivity contribution < 1.29 is 14.3 Å². The molecule has 1 unspecified atom stereocenters. The Kier molecular flexibility index (Phi) is 5.40. The molecule has 7 nitrogen and oxygen atoms in total. The number of fused-ring (bicyclic) bond motifs is 1. The molecule has 3 rings (SSSR count). The first-order valence-corrected chi connectivity index (χ1v) is 8.09. The van der Waals surface area contributed by atoms with E-state index in [9.17, 15) is 4.79 Å². The summed E-state index contributed by atoms with van der Waals surface area (Å²) in [6.07, 6.45) is 2.69. The fourth-order valence-corrected chi connectivity index (χ4v) is 2.76. The second kappa shape index (κ2) is 7.90. The summed E-state index contributed by atoms with van der Waals surface area (Å²) in [5.41, 5.74) is 10.3. The summed E-state index contributed by atoms with van der Waals surface area (Å²) in [4.78, 5) is 19.0. The molecule has 1 aromatic carbocycles. The van der Waals surface area contributed by atoms with Gasteiger partial charge in [0.15, 0.2) is 6.29 Å². The Morgan fingerprint density at radius 3 is 3.04 bits per heavy atom. The molecule has 1 atom stereocenters. The van der Waals surface area contributed by atoms with E-state index in [2.05, 4.69) is 21.6 Å². The van der Waals surface area contributed by atoms with Gasteiger partial charge in [0, 0.05) is 28.0 Å². The molecule has 0 spiro atoms. The average Bonchev–Trinajstić information content (AvgIpc) is 2.66. The van der Waals surface area contributed by atoms with E-state index in [1.807, 2.05) is 30.3 Å². The van der Waals surface area contributed by atoms with Crippen LogP contribution in [0.25, 0.3) is 26.9 Å². The fourth-order valence-electron chi connectivity index (χ4n) is 2.76. The molecule has 0 saturated carbocycles. The smallest absolute Gasteiger partial charge is 0.250 e. The minimum Gasteiger partial charge on any atom is -0.353 e. The van der Waals surface area contributed by atoms with Gasteiger partial charge in [0.05, 0.1) is 17.8 Å². The van der Waals surface area contributed by atoms with E-state index in [1.165, 1.54) is 0 Å². The van der Waals surface area contributed by atoms with Gasteiger partial charge in [0.2, 0.25) is 0 Å². The summed E-state index contributed by atoms with van der Waals surface area (Å²) in [7, 11) is 0. The van der Waals surface area contributed by atoms with Crippen molar-refractivity contribution in [2.24, 2.45) is 5.11 Å². The van der Waals surface area contributed by atoms with Gasteiger partial charge in [-0.25, -0.2) is 4.98 Å². The maximum atomic E-state index is 11.9. The molecule has 1 aliphatic rings. The fraction of sp³-hybridized carbons (Fsp3) is 0.333. The molecule has 2 heterocycles. The Labute approximate surface area is 144 Å². The van der Waals surface area contributed by atoms with Crippen LogP contribution in [0.15, 0.2) is 42.0 Å².